The third-order valence-corrected chi connectivity index (χ3v) is 15.1. The van der Waals surface area contributed by atoms with Crippen LogP contribution < -0.4 is 21.2 Å². The number of rotatable bonds is 10. The van der Waals surface area contributed by atoms with Gasteiger partial charge in [-0.15, -0.1) is 13.2 Å². The zero-order valence-electron chi connectivity index (χ0n) is 30.9. The molecular formula is C44H58P2. The van der Waals surface area contributed by atoms with Gasteiger partial charge in [0.05, 0.1) is 0 Å². The highest BCUT2D eigenvalue weighted by Crippen LogP contribution is 2.41. The van der Waals surface area contributed by atoms with Crippen molar-refractivity contribution in [3.05, 3.63) is 141 Å². The van der Waals surface area contributed by atoms with Gasteiger partial charge >= 0.3 is 0 Å². The van der Waals surface area contributed by atoms with Crippen LogP contribution in [-0.4, -0.2) is 12.3 Å². The van der Waals surface area contributed by atoms with E-state index in [1.54, 1.807) is 21.2 Å². The smallest absolute Gasteiger partial charge is 0.0137 e. The Labute approximate surface area is 285 Å². The molecule has 0 fully saturated rings. The van der Waals surface area contributed by atoms with E-state index in [1.807, 2.05) is 0 Å². The molecule has 46 heavy (non-hydrogen) atoms. The van der Waals surface area contributed by atoms with Crippen LogP contribution >= 0.6 is 15.8 Å². The number of hydrogen-bond donors (Lipinski definition) is 0. The van der Waals surface area contributed by atoms with Gasteiger partial charge in [0.25, 0.3) is 0 Å². The van der Waals surface area contributed by atoms with Gasteiger partial charge in [0.15, 0.2) is 0 Å². The molecule has 244 valence electrons. The van der Waals surface area contributed by atoms with Gasteiger partial charge in [-0.05, 0) is 190 Å². The molecule has 0 amide bonds. The van der Waals surface area contributed by atoms with Gasteiger partial charge in [0.2, 0.25) is 0 Å². The predicted octanol–water partition coefficient (Wildman–Crippen LogP) is 11.1. The average molecular weight is 649 g/mol. The van der Waals surface area contributed by atoms with E-state index in [-0.39, 0.29) is 15.8 Å². The highest BCUT2D eigenvalue weighted by Gasteiger charge is 2.23. The predicted molar refractivity (Wildman–Crippen MR) is 214 cm³/mol. The topological polar surface area (TPSA) is 0 Å². The fourth-order valence-corrected chi connectivity index (χ4v) is 13.6. The Balaban J connectivity index is 0.000000250. The summed E-state index contributed by atoms with van der Waals surface area (Å²) in [6.45, 7) is 34.9. The van der Waals surface area contributed by atoms with Crippen molar-refractivity contribution in [1.29, 1.82) is 0 Å². The Morgan fingerprint density at radius 3 is 0.696 bits per heavy atom. The third kappa shape index (κ3) is 9.18. The molecule has 0 heterocycles. The second-order valence-electron chi connectivity index (χ2n) is 13.4. The van der Waals surface area contributed by atoms with Crippen molar-refractivity contribution >= 4 is 37.1 Å². The van der Waals surface area contributed by atoms with Gasteiger partial charge in [-0.2, -0.15) is 0 Å². The summed E-state index contributed by atoms with van der Waals surface area (Å²) in [5.74, 6) is 0. The van der Waals surface area contributed by atoms with Crippen molar-refractivity contribution in [1.82, 2.24) is 0 Å². The van der Waals surface area contributed by atoms with Crippen molar-refractivity contribution in [2.24, 2.45) is 0 Å². The molecule has 0 aliphatic carbocycles. The lowest BCUT2D eigenvalue weighted by Gasteiger charge is -2.26. The van der Waals surface area contributed by atoms with Gasteiger partial charge in [-0.1, -0.05) is 82.9 Å². The lowest BCUT2D eigenvalue weighted by atomic mass is 10.1. The van der Waals surface area contributed by atoms with Crippen LogP contribution in [0.15, 0.2) is 73.8 Å². The van der Waals surface area contributed by atoms with Crippen molar-refractivity contribution in [3.8, 4) is 0 Å². The molecule has 2 heteroatoms. The zero-order chi connectivity index (χ0) is 34.3. The molecule has 0 unspecified atom stereocenters. The third-order valence-electron chi connectivity index (χ3n) is 8.73. The molecule has 0 saturated heterocycles. The second kappa shape index (κ2) is 16.9. The summed E-state index contributed by atoms with van der Waals surface area (Å²) < 4.78 is 0. The Morgan fingerprint density at radius 2 is 0.543 bits per heavy atom. The van der Waals surface area contributed by atoms with E-state index in [2.05, 4.69) is 157 Å². The zero-order valence-corrected chi connectivity index (χ0v) is 32.7. The molecule has 0 saturated carbocycles. The largest absolute Gasteiger partial charge is 0.103 e. The first kappa shape index (κ1) is 37.7. The van der Waals surface area contributed by atoms with Crippen molar-refractivity contribution in [2.75, 3.05) is 12.3 Å². The maximum atomic E-state index is 3.95. The van der Waals surface area contributed by atoms with Gasteiger partial charge in [-0.25, -0.2) is 0 Å². The molecule has 4 rings (SSSR count). The van der Waals surface area contributed by atoms with Crippen LogP contribution in [0, 0.1) is 83.1 Å². The Bertz CT molecular complexity index is 1370. The van der Waals surface area contributed by atoms with Crippen LogP contribution in [0.1, 0.15) is 79.6 Å². The molecule has 0 aliphatic rings. The van der Waals surface area contributed by atoms with E-state index in [0.717, 1.165) is 12.8 Å². The number of aryl methyl sites for hydroxylation is 12. The molecule has 4 aromatic carbocycles. The van der Waals surface area contributed by atoms with Gasteiger partial charge < -0.3 is 0 Å². The van der Waals surface area contributed by atoms with E-state index < -0.39 is 0 Å². The summed E-state index contributed by atoms with van der Waals surface area (Å²) in [5, 5.41) is 6.29. The molecule has 0 N–H and O–H groups in total. The van der Waals surface area contributed by atoms with E-state index in [1.165, 1.54) is 79.1 Å². The van der Waals surface area contributed by atoms with Crippen LogP contribution in [0.4, 0.5) is 0 Å². The fraction of sp³-hybridized carbons (Fsp3) is 0.364. The summed E-state index contributed by atoms with van der Waals surface area (Å²) >= 11 is 0. The molecule has 0 radical (unpaired) electrons. The monoisotopic (exact) mass is 648 g/mol. The van der Waals surface area contributed by atoms with Crippen LogP contribution in [0.5, 0.6) is 0 Å². The number of allylic oxidation sites excluding steroid dienone is 2. The van der Waals surface area contributed by atoms with Gasteiger partial charge in [0.1, 0.15) is 0 Å². The highest BCUT2D eigenvalue weighted by atomic mass is 31.1. The summed E-state index contributed by atoms with van der Waals surface area (Å²) in [4.78, 5) is 0. The minimum absolute atomic E-state index is 0.336. The van der Waals surface area contributed by atoms with E-state index in [9.17, 15) is 0 Å². The Morgan fingerprint density at radius 1 is 0.370 bits per heavy atom. The van der Waals surface area contributed by atoms with E-state index >= 15 is 0 Å². The summed E-state index contributed by atoms with van der Waals surface area (Å²) in [7, 11) is -0.672. The quantitative estimate of drug-likeness (QED) is 0.119. The van der Waals surface area contributed by atoms with Crippen LogP contribution in [-0.2, 0) is 0 Å². The summed E-state index contributed by atoms with van der Waals surface area (Å²) in [6.07, 6.45) is 8.65. The van der Waals surface area contributed by atoms with Crippen LogP contribution in [0.3, 0.4) is 0 Å². The molecule has 0 atom stereocenters. The van der Waals surface area contributed by atoms with Crippen molar-refractivity contribution in [2.45, 2.75) is 95.9 Å². The summed E-state index contributed by atoms with van der Waals surface area (Å²) in [5.41, 5.74) is 17.0. The van der Waals surface area contributed by atoms with Crippen molar-refractivity contribution in [3.63, 3.8) is 0 Å². The minimum Gasteiger partial charge on any atom is -0.103 e. The molecule has 4 aromatic rings. The number of benzene rings is 4. The van der Waals surface area contributed by atoms with Crippen LogP contribution in [0.25, 0.3) is 0 Å². The first-order valence-corrected chi connectivity index (χ1v) is 19.8. The molecule has 0 aromatic heterocycles. The van der Waals surface area contributed by atoms with Crippen molar-refractivity contribution < 1.29 is 0 Å². The maximum Gasteiger partial charge on any atom is -0.0137 e. The molecular weight excluding hydrogens is 590 g/mol. The second-order valence-corrected chi connectivity index (χ2v) is 17.8. The molecule has 0 nitrogen and oxygen atoms in total. The van der Waals surface area contributed by atoms with Crippen LogP contribution in [0.2, 0.25) is 0 Å². The first-order valence-electron chi connectivity index (χ1n) is 16.8. The van der Waals surface area contributed by atoms with Gasteiger partial charge in [-0.3, -0.25) is 0 Å². The average Bonchev–Trinajstić information content (AvgIpc) is 2.92. The maximum absolute atomic E-state index is 3.95. The Hall–Kier alpha value is -2.78. The standard InChI is InChI=1S/2C22H29P/c2*1-8-9-10-23(21-17(4)11-15(2)12-18(21)5)22-19(6)13-16(3)14-20(22)7/h2*8,11-14H,1,9-10H2,2-7H3. The number of hydrogen-bond acceptors (Lipinski definition) is 0. The lowest BCUT2D eigenvalue weighted by Crippen LogP contribution is -2.23. The SMILES string of the molecule is C=CCCP(c1c(C)cc(C)cc1C)c1c(C)cc(C)cc1C.C=CCCP(c1c(C)cc(C)cc1C)c1c(C)cc(C)cc1C. The molecule has 0 spiro atoms. The minimum atomic E-state index is -0.336. The van der Waals surface area contributed by atoms with Gasteiger partial charge in [0, 0.05) is 0 Å². The lowest BCUT2D eigenvalue weighted by molar-refractivity contribution is 1.24. The molecule has 0 bridgehead atoms. The normalized spacial score (nSPS) is 11.1. The highest BCUT2D eigenvalue weighted by molar-refractivity contribution is 7.73. The molecule has 0 aliphatic heterocycles. The summed E-state index contributed by atoms with van der Waals surface area (Å²) in [6, 6.07) is 18.7. The van der Waals surface area contributed by atoms with E-state index in [4.69, 9.17) is 0 Å². The Kier molecular flexibility index (Phi) is 13.8. The van der Waals surface area contributed by atoms with E-state index in [0.29, 0.717) is 0 Å². The fourth-order valence-electron chi connectivity index (χ4n) is 7.50. The first-order chi connectivity index (χ1) is 21.7.